The zero-order valence-electron chi connectivity index (χ0n) is 13.9. The Morgan fingerprint density at radius 1 is 1.00 bits per heavy atom. The Labute approximate surface area is 152 Å². The minimum atomic E-state index is -4.43. The summed E-state index contributed by atoms with van der Waals surface area (Å²) >= 11 is 1.28. The van der Waals surface area contributed by atoms with E-state index in [1.165, 1.54) is 23.5 Å². The fourth-order valence-electron chi connectivity index (χ4n) is 2.75. The van der Waals surface area contributed by atoms with Crippen LogP contribution < -0.4 is 0 Å². The fraction of sp³-hybridized carbons (Fsp3) is 0.353. The first-order valence-electron chi connectivity index (χ1n) is 7.93. The van der Waals surface area contributed by atoms with Gasteiger partial charge in [0.25, 0.3) is 11.8 Å². The third-order valence-electron chi connectivity index (χ3n) is 4.25. The third kappa shape index (κ3) is 3.72. The van der Waals surface area contributed by atoms with Gasteiger partial charge in [-0.15, -0.1) is 11.3 Å². The van der Waals surface area contributed by atoms with Gasteiger partial charge in [-0.1, -0.05) is 0 Å². The van der Waals surface area contributed by atoms with Crippen molar-refractivity contribution in [2.24, 2.45) is 0 Å². The van der Waals surface area contributed by atoms with Crippen molar-refractivity contribution in [2.45, 2.75) is 13.1 Å². The minimum Gasteiger partial charge on any atom is -0.335 e. The van der Waals surface area contributed by atoms with Crippen molar-refractivity contribution in [3.63, 3.8) is 0 Å². The molecule has 2 heterocycles. The first kappa shape index (κ1) is 18.4. The first-order chi connectivity index (χ1) is 12.3. The number of nitrogens with zero attached hydrogens (tertiary/aromatic N) is 3. The predicted molar refractivity (Wildman–Crippen MR) is 90.1 cm³/mol. The number of benzene rings is 1. The van der Waals surface area contributed by atoms with E-state index in [0.29, 0.717) is 36.8 Å². The van der Waals surface area contributed by atoms with Crippen molar-refractivity contribution in [3.05, 3.63) is 51.5 Å². The Balaban J connectivity index is 1.62. The van der Waals surface area contributed by atoms with Gasteiger partial charge in [0.15, 0.2) is 0 Å². The summed E-state index contributed by atoms with van der Waals surface area (Å²) in [7, 11) is 0. The maximum absolute atomic E-state index is 12.6. The molecule has 1 saturated heterocycles. The lowest BCUT2D eigenvalue weighted by atomic mass is 10.1. The van der Waals surface area contributed by atoms with Crippen LogP contribution in [0.1, 0.15) is 31.3 Å². The van der Waals surface area contributed by atoms with Gasteiger partial charge in [0.2, 0.25) is 0 Å². The van der Waals surface area contributed by atoms with Crippen molar-refractivity contribution in [1.82, 2.24) is 14.8 Å². The molecule has 0 radical (unpaired) electrons. The fourth-order valence-corrected chi connectivity index (χ4v) is 3.52. The molecule has 1 fully saturated rings. The largest absolute Gasteiger partial charge is 0.416 e. The van der Waals surface area contributed by atoms with E-state index in [2.05, 4.69) is 4.98 Å². The van der Waals surface area contributed by atoms with Gasteiger partial charge < -0.3 is 9.80 Å². The number of rotatable bonds is 2. The molecule has 9 heteroatoms. The molecule has 0 N–H and O–H groups in total. The van der Waals surface area contributed by atoms with E-state index in [-0.39, 0.29) is 17.4 Å². The monoisotopic (exact) mass is 383 g/mol. The number of hydrogen-bond acceptors (Lipinski definition) is 4. The van der Waals surface area contributed by atoms with E-state index in [0.717, 1.165) is 12.1 Å². The Morgan fingerprint density at radius 3 is 2.00 bits per heavy atom. The van der Waals surface area contributed by atoms with Crippen molar-refractivity contribution in [3.8, 4) is 0 Å². The second kappa shape index (κ2) is 7.06. The lowest BCUT2D eigenvalue weighted by molar-refractivity contribution is -0.137. The SMILES string of the molecule is Cc1ncsc1C(=O)N1CCN(C(=O)c2ccc(C(F)(F)F)cc2)CC1. The van der Waals surface area contributed by atoms with Crippen LogP contribution in [0.5, 0.6) is 0 Å². The summed E-state index contributed by atoms with van der Waals surface area (Å²) in [6.45, 7) is 3.20. The normalized spacial score (nSPS) is 15.2. The summed E-state index contributed by atoms with van der Waals surface area (Å²) in [5, 5.41) is 0. The van der Waals surface area contributed by atoms with Crippen molar-refractivity contribution in [2.75, 3.05) is 26.2 Å². The number of amides is 2. The highest BCUT2D eigenvalue weighted by atomic mass is 32.1. The van der Waals surface area contributed by atoms with Crippen LogP contribution >= 0.6 is 11.3 Å². The van der Waals surface area contributed by atoms with Crippen LogP contribution in [-0.2, 0) is 6.18 Å². The number of aryl methyl sites for hydroxylation is 1. The Bertz CT molecular complexity index is 809. The molecule has 2 aromatic rings. The molecule has 0 atom stereocenters. The summed E-state index contributed by atoms with van der Waals surface area (Å²) in [5.74, 6) is -0.438. The van der Waals surface area contributed by atoms with Crippen molar-refractivity contribution < 1.29 is 22.8 Å². The number of carbonyl (C=O) groups is 2. The zero-order chi connectivity index (χ0) is 18.9. The summed E-state index contributed by atoms with van der Waals surface area (Å²) in [4.78, 5) is 32.8. The first-order valence-corrected chi connectivity index (χ1v) is 8.81. The highest BCUT2D eigenvalue weighted by molar-refractivity contribution is 7.11. The summed E-state index contributed by atoms with van der Waals surface area (Å²) in [6.07, 6.45) is -4.43. The molecular formula is C17H16F3N3O2S. The van der Waals surface area contributed by atoms with Crippen LogP contribution in [0.2, 0.25) is 0 Å². The lowest BCUT2D eigenvalue weighted by Crippen LogP contribution is -2.50. The minimum absolute atomic E-state index is 0.105. The number of hydrogen-bond donors (Lipinski definition) is 0. The molecule has 0 unspecified atom stereocenters. The lowest BCUT2D eigenvalue weighted by Gasteiger charge is -2.34. The smallest absolute Gasteiger partial charge is 0.335 e. The van der Waals surface area contributed by atoms with Crippen LogP contribution in [0.15, 0.2) is 29.8 Å². The highest BCUT2D eigenvalue weighted by Crippen LogP contribution is 2.29. The van der Waals surface area contributed by atoms with E-state index in [4.69, 9.17) is 0 Å². The van der Waals surface area contributed by atoms with Gasteiger partial charge in [-0.3, -0.25) is 9.59 Å². The van der Waals surface area contributed by atoms with Crippen LogP contribution in [0, 0.1) is 6.92 Å². The standard InChI is InChI=1S/C17H16F3N3O2S/c1-11-14(26-10-21-11)16(25)23-8-6-22(7-9-23)15(24)12-2-4-13(5-3-12)17(18,19)20/h2-5,10H,6-9H2,1H3. The molecule has 0 bridgehead atoms. The van der Waals surface area contributed by atoms with Gasteiger partial charge in [-0.25, -0.2) is 4.98 Å². The van der Waals surface area contributed by atoms with Crippen LogP contribution in [-0.4, -0.2) is 52.8 Å². The second-order valence-corrected chi connectivity index (χ2v) is 6.78. The molecule has 0 spiro atoms. The number of halogens is 3. The summed E-state index contributed by atoms with van der Waals surface area (Å²) in [6, 6.07) is 4.17. The van der Waals surface area contributed by atoms with E-state index in [1.807, 2.05) is 0 Å². The van der Waals surface area contributed by atoms with Gasteiger partial charge in [-0.2, -0.15) is 13.2 Å². The molecule has 26 heavy (non-hydrogen) atoms. The number of carbonyl (C=O) groups excluding carboxylic acids is 2. The Hall–Kier alpha value is -2.42. The van der Waals surface area contributed by atoms with Crippen LogP contribution in [0.3, 0.4) is 0 Å². The van der Waals surface area contributed by atoms with Crippen molar-refractivity contribution in [1.29, 1.82) is 0 Å². The molecule has 138 valence electrons. The Morgan fingerprint density at radius 2 is 1.54 bits per heavy atom. The van der Waals surface area contributed by atoms with Crippen molar-refractivity contribution >= 4 is 23.2 Å². The molecule has 1 aliphatic rings. The van der Waals surface area contributed by atoms with Gasteiger partial charge in [-0.05, 0) is 31.2 Å². The maximum Gasteiger partial charge on any atom is 0.416 e. The number of alkyl halides is 3. The molecule has 1 aromatic heterocycles. The maximum atomic E-state index is 12.6. The van der Waals surface area contributed by atoms with Gasteiger partial charge in [0.1, 0.15) is 4.88 Å². The molecule has 0 saturated carbocycles. The van der Waals surface area contributed by atoms with Gasteiger partial charge in [0, 0.05) is 31.7 Å². The van der Waals surface area contributed by atoms with E-state index in [1.54, 1.807) is 22.2 Å². The quantitative estimate of drug-likeness (QED) is 0.801. The number of piperazine rings is 1. The van der Waals surface area contributed by atoms with E-state index < -0.39 is 11.7 Å². The molecule has 0 aliphatic carbocycles. The third-order valence-corrected chi connectivity index (χ3v) is 5.17. The average Bonchev–Trinajstić information content (AvgIpc) is 3.06. The van der Waals surface area contributed by atoms with E-state index in [9.17, 15) is 22.8 Å². The van der Waals surface area contributed by atoms with Crippen LogP contribution in [0.25, 0.3) is 0 Å². The topological polar surface area (TPSA) is 53.5 Å². The molecule has 5 nitrogen and oxygen atoms in total. The predicted octanol–water partition coefficient (Wildman–Crippen LogP) is 3.07. The zero-order valence-corrected chi connectivity index (χ0v) is 14.7. The molecule has 1 aliphatic heterocycles. The van der Waals surface area contributed by atoms with Gasteiger partial charge in [0.05, 0.1) is 16.8 Å². The molecular weight excluding hydrogens is 367 g/mol. The summed E-state index contributed by atoms with van der Waals surface area (Å²) in [5.41, 5.74) is 1.72. The Kier molecular flexibility index (Phi) is 4.99. The van der Waals surface area contributed by atoms with Crippen LogP contribution in [0.4, 0.5) is 13.2 Å². The molecule has 2 amide bonds. The van der Waals surface area contributed by atoms with E-state index >= 15 is 0 Å². The number of thiazole rings is 1. The molecule has 3 rings (SSSR count). The van der Waals surface area contributed by atoms with Gasteiger partial charge >= 0.3 is 6.18 Å². The summed E-state index contributed by atoms with van der Waals surface area (Å²) < 4.78 is 37.8. The second-order valence-electron chi connectivity index (χ2n) is 5.93. The average molecular weight is 383 g/mol. The molecule has 1 aromatic carbocycles. The highest BCUT2D eigenvalue weighted by Gasteiger charge is 2.31. The number of aromatic nitrogens is 1.